The highest BCUT2D eigenvalue weighted by atomic mass is 19.4. The molecule has 0 heterocycles. The molecular weight excluding hydrogens is 423 g/mol. The third-order valence-corrected chi connectivity index (χ3v) is 5.70. The van der Waals surface area contributed by atoms with E-state index in [2.05, 4.69) is 29.6 Å². The van der Waals surface area contributed by atoms with Crippen molar-refractivity contribution in [2.75, 3.05) is 6.54 Å². The first-order valence-corrected chi connectivity index (χ1v) is 11.5. The Morgan fingerprint density at radius 3 is 1.97 bits per heavy atom. The van der Waals surface area contributed by atoms with Crippen LogP contribution in [0.1, 0.15) is 60.0 Å². The summed E-state index contributed by atoms with van der Waals surface area (Å²) in [4.78, 5) is 12.6. The smallest absolute Gasteiger partial charge is 0.352 e. The van der Waals surface area contributed by atoms with Gasteiger partial charge in [-0.3, -0.25) is 4.79 Å². The molecule has 0 aromatic heterocycles. The third kappa shape index (κ3) is 7.48. The first kappa shape index (κ1) is 24.6. The number of hydrogen-bond donors (Lipinski definition) is 1. The lowest BCUT2D eigenvalue weighted by Crippen LogP contribution is -2.27. The fourth-order valence-electron chi connectivity index (χ4n) is 4.01. The second-order valence-electron chi connectivity index (χ2n) is 8.20. The highest BCUT2D eigenvalue weighted by molar-refractivity contribution is 5.98. The van der Waals surface area contributed by atoms with Gasteiger partial charge in [0.1, 0.15) is 0 Å². The molecule has 2 nitrogen and oxygen atoms in total. The Morgan fingerprint density at radius 1 is 0.697 bits per heavy atom. The number of amides is 1. The Hall–Kier alpha value is -3.08. The van der Waals surface area contributed by atoms with Crippen LogP contribution in [0.3, 0.4) is 0 Å². The summed E-state index contributed by atoms with van der Waals surface area (Å²) in [6.07, 6.45) is 2.65. The minimum Gasteiger partial charge on any atom is -0.352 e. The van der Waals surface area contributed by atoms with E-state index in [-0.39, 0.29) is 11.1 Å². The molecule has 33 heavy (non-hydrogen) atoms. The van der Waals surface area contributed by atoms with Crippen molar-refractivity contribution < 1.29 is 18.0 Å². The van der Waals surface area contributed by atoms with Gasteiger partial charge in [0.05, 0.1) is 11.1 Å². The van der Waals surface area contributed by atoms with E-state index in [1.807, 2.05) is 6.07 Å². The van der Waals surface area contributed by atoms with Crippen LogP contribution in [0.2, 0.25) is 0 Å². The van der Waals surface area contributed by atoms with Gasteiger partial charge in [-0.15, -0.1) is 0 Å². The molecule has 0 unspecified atom stereocenters. The summed E-state index contributed by atoms with van der Waals surface area (Å²) >= 11 is 0. The highest BCUT2D eigenvalue weighted by Gasteiger charge is 2.38. The average molecular weight is 454 g/mol. The molecular formula is C28H30F3NO. The molecule has 0 radical (unpaired) electrons. The van der Waals surface area contributed by atoms with Crippen molar-refractivity contribution in [3.63, 3.8) is 0 Å². The van der Waals surface area contributed by atoms with E-state index in [0.29, 0.717) is 12.1 Å². The Morgan fingerprint density at radius 2 is 1.30 bits per heavy atom. The monoisotopic (exact) mass is 453 g/mol. The van der Waals surface area contributed by atoms with E-state index in [9.17, 15) is 18.0 Å². The van der Waals surface area contributed by atoms with Gasteiger partial charge in [-0.25, -0.2) is 0 Å². The van der Waals surface area contributed by atoms with E-state index in [1.165, 1.54) is 23.8 Å². The van der Waals surface area contributed by atoms with Gasteiger partial charge in [-0.2, -0.15) is 13.2 Å². The molecule has 0 fully saturated rings. The molecule has 0 aliphatic carbocycles. The van der Waals surface area contributed by atoms with Crippen LogP contribution < -0.4 is 5.32 Å². The summed E-state index contributed by atoms with van der Waals surface area (Å²) in [6, 6.07) is 22.9. The van der Waals surface area contributed by atoms with Gasteiger partial charge in [0.2, 0.25) is 0 Å². The number of alkyl halides is 3. The van der Waals surface area contributed by atoms with Crippen LogP contribution in [0, 0.1) is 0 Å². The maximum atomic E-state index is 13.9. The number of aryl methyl sites for hydroxylation is 1. The normalized spacial score (nSPS) is 11.4. The highest BCUT2D eigenvalue weighted by Crippen LogP contribution is 2.39. The van der Waals surface area contributed by atoms with Crippen molar-refractivity contribution in [2.24, 2.45) is 0 Å². The van der Waals surface area contributed by atoms with Crippen LogP contribution in [-0.2, 0) is 12.6 Å². The number of hydrogen-bond acceptors (Lipinski definition) is 1. The van der Waals surface area contributed by atoms with Crippen molar-refractivity contribution in [1.29, 1.82) is 0 Å². The maximum absolute atomic E-state index is 13.9. The minimum absolute atomic E-state index is 0.0197. The quantitative estimate of drug-likeness (QED) is 0.296. The summed E-state index contributed by atoms with van der Waals surface area (Å²) in [5.41, 5.74) is 0.602. The molecule has 1 amide bonds. The van der Waals surface area contributed by atoms with Crippen LogP contribution in [0.25, 0.3) is 11.1 Å². The zero-order chi connectivity index (χ0) is 23.5. The molecule has 0 spiro atoms. The van der Waals surface area contributed by atoms with E-state index in [1.54, 1.807) is 30.3 Å². The zero-order valence-corrected chi connectivity index (χ0v) is 18.7. The summed E-state index contributed by atoms with van der Waals surface area (Å²) in [5, 5.41) is 2.67. The van der Waals surface area contributed by atoms with Gasteiger partial charge in [0.25, 0.3) is 5.91 Å². The Bertz CT molecular complexity index is 1000. The van der Waals surface area contributed by atoms with Gasteiger partial charge in [0.15, 0.2) is 0 Å². The first-order valence-electron chi connectivity index (χ1n) is 11.5. The largest absolute Gasteiger partial charge is 0.417 e. The van der Waals surface area contributed by atoms with Gasteiger partial charge in [0, 0.05) is 6.54 Å². The van der Waals surface area contributed by atoms with E-state index in [0.717, 1.165) is 44.9 Å². The van der Waals surface area contributed by atoms with Crippen LogP contribution in [0.5, 0.6) is 0 Å². The molecule has 3 aromatic carbocycles. The van der Waals surface area contributed by atoms with Gasteiger partial charge in [-0.05, 0) is 42.0 Å². The number of carbonyl (C=O) groups excluding carboxylic acids is 1. The lowest BCUT2D eigenvalue weighted by molar-refractivity contribution is -0.137. The van der Waals surface area contributed by atoms with Crippen molar-refractivity contribution >= 4 is 5.91 Å². The number of carbonyl (C=O) groups is 1. The van der Waals surface area contributed by atoms with Crippen molar-refractivity contribution in [2.45, 2.75) is 51.1 Å². The zero-order valence-electron chi connectivity index (χ0n) is 18.7. The predicted octanol–water partition coefficient (Wildman–Crippen LogP) is 7.69. The second-order valence-corrected chi connectivity index (χ2v) is 8.20. The number of benzene rings is 3. The molecule has 0 atom stereocenters. The topological polar surface area (TPSA) is 29.1 Å². The molecule has 5 heteroatoms. The third-order valence-electron chi connectivity index (χ3n) is 5.70. The first-order chi connectivity index (χ1) is 16.0. The number of rotatable bonds is 11. The fraction of sp³-hybridized carbons (Fsp3) is 0.321. The molecule has 0 saturated heterocycles. The lowest BCUT2D eigenvalue weighted by Gasteiger charge is -2.17. The van der Waals surface area contributed by atoms with Crippen molar-refractivity contribution in [3.8, 4) is 11.1 Å². The van der Waals surface area contributed by atoms with Crippen LogP contribution >= 0.6 is 0 Å². The van der Waals surface area contributed by atoms with E-state index in [4.69, 9.17) is 0 Å². The minimum atomic E-state index is -4.63. The van der Waals surface area contributed by atoms with Crippen LogP contribution in [-0.4, -0.2) is 12.5 Å². The van der Waals surface area contributed by atoms with Crippen molar-refractivity contribution in [3.05, 3.63) is 95.6 Å². The molecule has 1 N–H and O–H groups in total. The van der Waals surface area contributed by atoms with Gasteiger partial charge >= 0.3 is 6.18 Å². The molecule has 0 aliphatic rings. The van der Waals surface area contributed by atoms with Gasteiger partial charge in [-0.1, -0.05) is 98.5 Å². The van der Waals surface area contributed by atoms with E-state index < -0.39 is 17.6 Å². The number of unbranched alkanes of at least 4 members (excludes halogenated alkanes) is 5. The molecule has 174 valence electrons. The fourth-order valence-corrected chi connectivity index (χ4v) is 4.01. The number of nitrogens with one attached hydrogen (secondary N) is 1. The average Bonchev–Trinajstić information content (AvgIpc) is 2.83. The molecule has 0 aliphatic heterocycles. The summed E-state index contributed by atoms with van der Waals surface area (Å²) in [7, 11) is 0. The predicted molar refractivity (Wildman–Crippen MR) is 127 cm³/mol. The standard InChI is InChI=1S/C28H30F3NO/c29-28(30,31)26-24(23-17-10-6-11-18-23)19-13-20-25(26)27(33)32-21-12-4-2-1-3-7-14-22-15-8-5-9-16-22/h5-6,8-11,13,15-20H,1-4,7,12,14,21H2,(H,32,33). The molecule has 0 saturated carbocycles. The van der Waals surface area contributed by atoms with E-state index >= 15 is 0 Å². The maximum Gasteiger partial charge on any atom is 0.417 e. The Balaban J connectivity index is 1.45. The Kier molecular flexibility index (Phi) is 9.11. The molecule has 0 bridgehead atoms. The summed E-state index contributed by atoms with van der Waals surface area (Å²) in [6.45, 7) is 0.371. The number of halogens is 3. The SMILES string of the molecule is O=C(NCCCCCCCCc1ccccc1)c1cccc(-c2ccccc2)c1C(F)(F)F. The van der Waals surface area contributed by atoms with Crippen LogP contribution in [0.15, 0.2) is 78.9 Å². The molecule has 3 rings (SSSR count). The molecule has 3 aromatic rings. The lowest BCUT2D eigenvalue weighted by atomic mass is 9.94. The van der Waals surface area contributed by atoms with Gasteiger partial charge < -0.3 is 5.32 Å². The Labute approximate surface area is 193 Å². The van der Waals surface area contributed by atoms with Crippen molar-refractivity contribution in [1.82, 2.24) is 5.32 Å². The second kappa shape index (κ2) is 12.2. The van der Waals surface area contributed by atoms with Crippen LogP contribution in [0.4, 0.5) is 13.2 Å². The summed E-state index contributed by atoms with van der Waals surface area (Å²) < 4.78 is 41.6. The summed E-state index contributed by atoms with van der Waals surface area (Å²) in [5.74, 6) is -0.678.